The summed E-state index contributed by atoms with van der Waals surface area (Å²) in [7, 11) is 0. The lowest BCUT2D eigenvalue weighted by Gasteiger charge is -2.33. The van der Waals surface area contributed by atoms with Crippen LogP contribution in [-0.4, -0.2) is 16.2 Å². The molecule has 1 aromatic heterocycles. The Kier molecular flexibility index (Phi) is 2.96. The Bertz CT molecular complexity index is 463. The van der Waals surface area contributed by atoms with Crippen molar-refractivity contribution in [3.05, 3.63) is 29.5 Å². The van der Waals surface area contributed by atoms with Crippen molar-refractivity contribution < 1.29 is 5.11 Å². The van der Waals surface area contributed by atoms with Gasteiger partial charge in [0.2, 0.25) is 0 Å². The summed E-state index contributed by atoms with van der Waals surface area (Å²) in [6, 6.07) is 2.04. The molecule has 3 nitrogen and oxygen atoms in total. The van der Waals surface area contributed by atoms with E-state index in [1.165, 1.54) is 0 Å². The third-order valence-corrected chi connectivity index (χ3v) is 3.23. The Morgan fingerprint density at radius 1 is 1.47 bits per heavy atom. The van der Waals surface area contributed by atoms with E-state index in [2.05, 4.69) is 18.8 Å². The highest BCUT2D eigenvalue weighted by molar-refractivity contribution is 5.74. The molecule has 0 aliphatic heterocycles. The predicted molar refractivity (Wildman–Crippen MR) is 70.4 cm³/mol. The molecule has 0 fully saturated rings. The van der Waals surface area contributed by atoms with Gasteiger partial charge in [-0.15, -0.1) is 0 Å². The van der Waals surface area contributed by atoms with E-state index >= 15 is 0 Å². The highest BCUT2D eigenvalue weighted by atomic mass is 16.3. The van der Waals surface area contributed by atoms with Crippen LogP contribution in [-0.2, 0) is 0 Å². The van der Waals surface area contributed by atoms with Crippen LogP contribution in [0.2, 0.25) is 0 Å². The van der Waals surface area contributed by atoms with E-state index in [-0.39, 0.29) is 11.5 Å². The lowest BCUT2D eigenvalue weighted by Crippen LogP contribution is -2.24. The zero-order valence-electron chi connectivity index (χ0n) is 10.7. The number of nitrogens with two attached hydrogens (primary N) is 1. The summed E-state index contributed by atoms with van der Waals surface area (Å²) in [6.07, 6.45) is 5.03. The molecule has 3 heteroatoms. The molecular weight excluding hydrogens is 212 g/mol. The van der Waals surface area contributed by atoms with Gasteiger partial charge in [-0.25, -0.2) is 4.98 Å². The highest BCUT2D eigenvalue weighted by Crippen LogP contribution is 2.40. The van der Waals surface area contributed by atoms with Crippen LogP contribution in [0.25, 0.3) is 5.57 Å². The molecule has 0 amide bonds. The van der Waals surface area contributed by atoms with Gasteiger partial charge in [-0.2, -0.15) is 0 Å². The topological polar surface area (TPSA) is 59.1 Å². The SMILES string of the molecule is Cc1cnc(N)c(C2=CC(O)CC(C)(C)C2)c1. The molecule has 17 heavy (non-hydrogen) atoms. The van der Waals surface area contributed by atoms with E-state index in [1.807, 2.05) is 19.1 Å². The highest BCUT2D eigenvalue weighted by Gasteiger charge is 2.28. The Labute approximate surface area is 102 Å². The lowest BCUT2D eigenvalue weighted by molar-refractivity contribution is 0.146. The van der Waals surface area contributed by atoms with Gasteiger partial charge in [-0.3, -0.25) is 0 Å². The number of rotatable bonds is 1. The van der Waals surface area contributed by atoms with Crippen LogP contribution in [0.1, 0.15) is 37.8 Å². The number of allylic oxidation sites excluding steroid dienone is 1. The number of hydrogen-bond acceptors (Lipinski definition) is 3. The molecule has 0 saturated carbocycles. The molecule has 2 rings (SSSR count). The minimum absolute atomic E-state index is 0.111. The first-order chi connectivity index (χ1) is 7.87. The van der Waals surface area contributed by atoms with Crippen LogP contribution >= 0.6 is 0 Å². The number of aliphatic hydroxyl groups excluding tert-OH is 1. The summed E-state index contributed by atoms with van der Waals surface area (Å²) in [6.45, 7) is 6.34. The van der Waals surface area contributed by atoms with Gasteiger partial charge in [0, 0.05) is 11.8 Å². The first kappa shape index (κ1) is 12.1. The van der Waals surface area contributed by atoms with Crippen LogP contribution in [0.3, 0.4) is 0 Å². The Balaban J connectivity index is 2.43. The third-order valence-electron chi connectivity index (χ3n) is 3.23. The second-order valence-corrected chi connectivity index (χ2v) is 5.75. The summed E-state index contributed by atoms with van der Waals surface area (Å²) in [5.41, 5.74) is 9.20. The lowest BCUT2D eigenvalue weighted by atomic mass is 9.74. The molecule has 0 saturated heterocycles. The maximum absolute atomic E-state index is 9.90. The van der Waals surface area contributed by atoms with Gasteiger partial charge in [0.1, 0.15) is 5.82 Å². The summed E-state index contributed by atoms with van der Waals surface area (Å²) < 4.78 is 0. The van der Waals surface area contributed by atoms with E-state index in [4.69, 9.17) is 5.73 Å². The van der Waals surface area contributed by atoms with Gasteiger partial charge in [-0.1, -0.05) is 19.9 Å². The van der Waals surface area contributed by atoms with Crippen LogP contribution in [0.4, 0.5) is 5.82 Å². The Hall–Kier alpha value is -1.35. The van der Waals surface area contributed by atoms with Crippen LogP contribution in [0.5, 0.6) is 0 Å². The van der Waals surface area contributed by atoms with E-state index in [1.54, 1.807) is 6.20 Å². The molecule has 0 aromatic carbocycles. The summed E-state index contributed by atoms with van der Waals surface area (Å²) >= 11 is 0. The van der Waals surface area contributed by atoms with Crippen molar-refractivity contribution in [1.82, 2.24) is 4.98 Å². The first-order valence-corrected chi connectivity index (χ1v) is 5.99. The zero-order chi connectivity index (χ0) is 12.6. The van der Waals surface area contributed by atoms with E-state index < -0.39 is 0 Å². The van der Waals surface area contributed by atoms with Crippen LogP contribution in [0, 0.1) is 12.3 Å². The minimum Gasteiger partial charge on any atom is -0.389 e. The molecule has 0 radical (unpaired) electrons. The fourth-order valence-corrected chi connectivity index (χ4v) is 2.53. The second kappa shape index (κ2) is 4.15. The Morgan fingerprint density at radius 2 is 2.18 bits per heavy atom. The summed E-state index contributed by atoms with van der Waals surface area (Å²) in [5, 5.41) is 9.90. The number of hydrogen-bond donors (Lipinski definition) is 2. The van der Waals surface area contributed by atoms with Crippen molar-refractivity contribution in [2.75, 3.05) is 5.73 Å². The number of anilines is 1. The number of nitrogen functional groups attached to an aromatic ring is 1. The maximum atomic E-state index is 9.90. The average Bonchev–Trinajstić information content (AvgIpc) is 2.18. The predicted octanol–water partition coefficient (Wildman–Crippen LogP) is 2.54. The van der Waals surface area contributed by atoms with Crippen LogP contribution in [0.15, 0.2) is 18.3 Å². The standard InChI is InChI=1S/C14H20N2O/c1-9-4-12(13(15)16-8-9)10-5-11(17)7-14(2,3)6-10/h4-5,8,11,17H,6-7H2,1-3H3,(H2,15,16). The molecule has 0 spiro atoms. The largest absolute Gasteiger partial charge is 0.389 e. The molecule has 0 bridgehead atoms. The monoisotopic (exact) mass is 232 g/mol. The van der Waals surface area contributed by atoms with Gasteiger partial charge < -0.3 is 10.8 Å². The smallest absolute Gasteiger partial charge is 0.130 e. The number of pyridine rings is 1. The molecule has 1 atom stereocenters. The average molecular weight is 232 g/mol. The number of aliphatic hydroxyl groups is 1. The van der Waals surface area contributed by atoms with Crippen molar-refractivity contribution >= 4 is 11.4 Å². The van der Waals surface area contributed by atoms with Gasteiger partial charge in [0.25, 0.3) is 0 Å². The minimum atomic E-state index is -0.381. The Morgan fingerprint density at radius 3 is 2.82 bits per heavy atom. The second-order valence-electron chi connectivity index (χ2n) is 5.75. The van der Waals surface area contributed by atoms with E-state index in [0.29, 0.717) is 5.82 Å². The van der Waals surface area contributed by atoms with Crippen molar-refractivity contribution in [2.45, 2.75) is 39.7 Å². The van der Waals surface area contributed by atoms with Crippen LogP contribution < -0.4 is 5.73 Å². The fraction of sp³-hybridized carbons (Fsp3) is 0.500. The molecule has 1 aliphatic carbocycles. The number of nitrogens with zero attached hydrogens (tertiary/aromatic N) is 1. The van der Waals surface area contributed by atoms with Gasteiger partial charge in [0.05, 0.1) is 6.10 Å². The first-order valence-electron chi connectivity index (χ1n) is 5.99. The van der Waals surface area contributed by atoms with Crippen molar-refractivity contribution in [1.29, 1.82) is 0 Å². The molecule has 1 unspecified atom stereocenters. The summed E-state index contributed by atoms with van der Waals surface area (Å²) in [4.78, 5) is 4.18. The normalized spacial score (nSPS) is 23.3. The summed E-state index contributed by atoms with van der Waals surface area (Å²) in [5.74, 6) is 0.548. The van der Waals surface area contributed by atoms with Gasteiger partial charge in [-0.05, 0) is 42.4 Å². The van der Waals surface area contributed by atoms with E-state index in [9.17, 15) is 5.11 Å². The fourth-order valence-electron chi connectivity index (χ4n) is 2.53. The maximum Gasteiger partial charge on any atom is 0.130 e. The van der Waals surface area contributed by atoms with Gasteiger partial charge >= 0.3 is 0 Å². The number of aromatic nitrogens is 1. The molecular formula is C14H20N2O. The van der Waals surface area contributed by atoms with Gasteiger partial charge in [0.15, 0.2) is 0 Å². The molecule has 1 heterocycles. The molecule has 1 aliphatic rings. The number of aryl methyl sites for hydroxylation is 1. The molecule has 92 valence electrons. The molecule has 1 aromatic rings. The van der Waals surface area contributed by atoms with Crippen molar-refractivity contribution in [2.24, 2.45) is 5.41 Å². The third kappa shape index (κ3) is 2.67. The van der Waals surface area contributed by atoms with Crippen molar-refractivity contribution in [3.8, 4) is 0 Å². The van der Waals surface area contributed by atoms with E-state index in [0.717, 1.165) is 29.5 Å². The van der Waals surface area contributed by atoms with Crippen molar-refractivity contribution in [3.63, 3.8) is 0 Å². The molecule has 3 N–H and O–H groups in total. The quantitative estimate of drug-likeness (QED) is 0.782. The zero-order valence-corrected chi connectivity index (χ0v) is 10.7.